The molecular weight excluding hydrogens is 607 g/mol. The van der Waals surface area contributed by atoms with Crippen molar-refractivity contribution in [3.8, 4) is 5.75 Å². The van der Waals surface area contributed by atoms with Crippen LogP contribution in [-0.2, 0) is 20.9 Å². The van der Waals surface area contributed by atoms with Crippen LogP contribution in [0.2, 0.25) is 0 Å². The van der Waals surface area contributed by atoms with Crippen molar-refractivity contribution in [2.45, 2.75) is 19.6 Å². The van der Waals surface area contributed by atoms with Gasteiger partial charge in [0.2, 0.25) is 0 Å². The number of ketones is 1. The Morgan fingerprint density at radius 3 is 2.41 bits per heavy atom. The Balaban J connectivity index is 1.41. The van der Waals surface area contributed by atoms with E-state index in [-0.39, 0.29) is 11.3 Å². The van der Waals surface area contributed by atoms with Gasteiger partial charge in [-0.2, -0.15) is 0 Å². The zero-order valence-electron chi connectivity index (χ0n) is 21.8. The van der Waals surface area contributed by atoms with Crippen molar-refractivity contribution in [2.24, 2.45) is 0 Å². The highest BCUT2D eigenvalue weighted by Gasteiger charge is 2.46. The molecule has 0 saturated carbocycles. The molecule has 5 rings (SSSR count). The fourth-order valence-electron chi connectivity index (χ4n) is 5.01. The Morgan fingerprint density at radius 1 is 1.00 bits per heavy atom. The normalized spacial score (nSPS) is 19.4. The van der Waals surface area contributed by atoms with E-state index in [2.05, 4.69) is 33.6 Å². The van der Waals surface area contributed by atoms with Crippen LogP contribution in [0.3, 0.4) is 0 Å². The molecule has 1 atom stereocenters. The van der Waals surface area contributed by atoms with E-state index in [1.165, 1.54) is 5.56 Å². The Hall–Kier alpha value is -3.21. The minimum Gasteiger partial charge on any atom is -0.507 e. The molecule has 2 aliphatic heterocycles. The number of hydrogen-bond acceptors (Lipinski definition) is 6. The second-order valence-corrected chi connectivity index (χ2v) is 11.0. The molecule has 39 heavy (non-hydrogen) atoms. The minimum absolute atomic E-state index is 0.108. The third-order valence-corrected chi connectivity index (χ3v) is 7.82. The smallest absolute Gasteiger partial charge is 0.295 e. The van der Waals surface area contributed by atoms with Gasteiger partial charge in [-0.1, -0.05) is 42.0 Å². The SMILES string of the molecule is Cc1cccc(COc2ccc(C(O)=C3C(=O)C(=O)N(CCN4CCOCC4)C3c3ccc(I)cc3)cc2)c1. The highest BCUT2D eigenvalue weighted by atomic mass is 127. The summed E-state index contributed by atoms with van der Waals surface area (Å²) in [6.07, 6.45) is 0. The predicted octanol–water partition coefficient (Wildman–Crippen LogP) is 4.93. The lowest BCUT2D eigenvalue weighted by Crippen LogP contribution is -2.42. The van der Waals surface area contributed by atoms with Crippen LogP contribution in [0, 0.1) is 10.5 Å². The molecule has 2 saturated heterocycles. The Kier molecular flexibility index (Phi) is 8.64. The van der Waals surface area contributed by atoms with E-state index in [0.29, 0.717) is 44.2 Å². The third-order valence-electron chi connectivity index (χ3n) is 7.10. The number of halogens is 1. The number of ether oxygens (including phenoxy) is 2. The Labute approximate surface area is 242 Å². The Bertz CT molecular complexity index is 1360. The molecule has 0 radical (unpaired) electrons. The minimum atomic E-state index is -0.669. The maximum absolute atomic E-state index is 13.3. The number of Topliss-reactive ketones (excluding diaryl/α,β-unsaturated/α-hetero) is 1. The molecule has 202 valence electrons. The van der Waals surface area contributed by atoms with Gasteiger partial charge in [-0.15, -0.1) is 0 Å². The van der Waals surface area contributed by atoms with Crippen molar-refractivity contribution in [1.82, 2.24) is 9.80 Å². The van der Waals surface area contributed by atoms with Crippen LogP contribution < -0.4 is 4.74 Å². The summed E-state index contributed by atoms with van der Waals surface area (Å²) in [5.74, 6) is -0.798. The summed E-state index contributed by atoms with van der Waals surface area (Å²) in [5, 5.41) is 11.4. The van der Waals surface area contributed by atoms with E-state index in [0.717, 1.165) is 27.8 Å². The van der Waals surface area contributed by atoms with E-state index in [4.69, 9.17) is 9.47 Å². The number of carbonyl (C=O) groups is 2. The monoisotopic (exact) mass is 638 g/mol. The first kappa shape index (κ1) is 27.4. The number of benzene rings is 3. The van der Waals surface area contributed by atoms with Gasteiger partial charge in [0, 0.05) is 35.3 Å². The number of aryl methyl sites for hydroxylation is 1. The molecule has 1 N–H and O–H groups in total. The molecule has 0 aliphatic carbocycles. The molecular formula is C31H31IN2O5. The van der Waals surface area contributed by atoms with Crippen molar-refractivity contribution in [2.75, 3.05) is 39.4 Å². The van der Waals surface area contributed by atoms with Gasteiger partial charge in [0.05, 0.1) is 24.8 Å². The Morgan fingerprint density at radius 2 is 1.72 bits per heavy atom. The zero-order valence-corrected chi connectivity index (χ0v) is 24.0. The lowest BCUT2D eigenvalue weighted by Gasteiger charge is -2.31. The van der Waals surface area contributed by atoms with Crippen molar-refractivity contribution in [3.63, 3.8) is 0 Å². The van der Waals surface area contributed by atoms with E-state index in [1.807, 2.05) is 49.4 Å². The number of hydrogen-bond donors (Lipinski definition) is 1. The van der Waals surface area contributed by atoms with Crippen LogP contribution >= 0.6 is 22.6 Å². The van der Waals surface area contributed by atoms with Crippen molar-refractivity contribution in [3.05, 3.63) is 104 Å². The first-order valence-electron chi connectivity index (χ1n) is 13.0. The van der Waals surface area contributed by atoms with Gasteiger partial charge in [0.25, 0.3) is 11.7 Å². The summed E-state index contributed by atoms with van der Waals surface area (Å²) in [6, 6.07) is 22.1. The number of aliphatic hydroxyl groups excluding tert-OH is 1. The van der Waals surface area contributed by atoms with Crippen molar-refractivity contribution >= 4 is 40.0 Å². The van der Waals surface area contributed by atoms with Gasteiger partial charge in [-0.3, -0.25) is 14.5 Å². The molecule has 0 spiro atoms. The van der Waals surface area contributed by atoms with Gasteiger partial charge in [-0.05, 0) is 77.0 Å². The van der Waals surface area contributed by atoms with E-state index in [1.54, 1.807) is 29.2 Å². The molecule has 2 heterocycles. The van der Waals surface area contributed by atoms with Crippen LogP contribution in [0.1, 0.15) is 28.3 Å². The first-order chi connectivity index (χ1) is 18.9. The maximum Gasteiger partial charge on any atom is 0.295 e. The number of morpholine rings is 1. The van der Waals surface area contributed by atoms with E-state index >= 15 is 0 Å². The lowest BCUT2D eigenvalue weighted by atomic mass is 9.95. The fraction of sp³-hybridized carbons (Fsp3) is 0.290. The molecule has 1 amide bonds. The van der Waals surface area contributed by atoms with Gasteiger partial charge < -0.3 is 19.5 Å². The standard InChI is InChI=1S/C31H31IN2O5/c1-21-3-2-4-22(19-21)20-39-26-11-7-24(8-12-26)29(35)27-28(23-5-9-25(32)10-6-23)34(31(37)30(27)36)14-13-33-15-17-38-18-16-33/h2-12,19,28,35H,13-18,20H2,1H3. The predicted molar refractivity (Wildman–Crippen MR) is 157 cm³/mol. The number of likely N-dealkylation sites (tertiary alicyclic amines) is 1. The summed E-state index contributed by atoms with van der Waals surface area (Å²) in [4.78, 5) is 30.4. The first-order valence-corrected chi connectivity index (χ1v) is 14.1. The summed E-state index contributed by atoms with van der Waals surface area (Å²) in [7, 11) is 0. The van der Waals surface area contributed by atoms with Crippen LogP contribution in [0.5, 0.6) is 5.75 Å². The molecule has 8 heteroatoms. The van der Waals surface area contributed by atoms with Crippen LogP contribution in [0.25, 0.3) is 5.76 Å². The van der Waals surface area contributed by atoms with Gasteiger partial charge >= 0.3 is 0 Å². The molecule has 3 aromatic carbocycles. The number of aliphatic hydroxyl groups is 1. The van der Waals surface area contributed by atoms with Crippen LogP contribution in [0.15, 0.2) is 78.4 Å². The number of amides is 1. The molecule has 7 nitrogen and oxygen atoms in total. The van der Waals surface area contributed by atoms with Crippen molar-refractivity contribution in [1.29, 1.82) is 0 Å². The average Bonchev–Trinajstić information content (AvgIpc) is 3.21. The second-order valence-electron chi connectivity index (χ2n) is 9.80. The van der Waals surface area contributed by atoms with Gasteiger partial charge in [0.15, 0.2) is 0 Å². The molecule has 3 aromatic rings. The second kappa shape index (κ2) is 12.3. The number of rotatable bonds is 8. The van der Waals surface area contributed by atoms with E-state index in [9.17, 15) is 14.7 Å². The highest BCUT2D eigenvalue weighted by molar-refractivity contribution is 14.1. The zero-order chi connectivity index (χ0) is 27.4. The summed E-state index contributed by atoms with van der Waals surface area (Å²) in [6.45, 7) is 6.36. The number of carbonyl (C=O) groups excluding carboxylic acids is 2. The summed E-state index contributed by atoms with van der Waals surface area (Å²) in [5.41, 5.74) is 3.59. The highest BCUT2D eigenvalue weighted by Crippen LogP contribution is 2.39. The fourth-order valence-corrected chi connectivity index (χ4v) is 5.37. The summed E-state index contributed by atoms with van der Waals surface area (Å²) < 4.78 is 12.4. The van der Waals surface area contributed by atoms with Crippen LogP contribution in [-0.4, -0.2) is 66.0 Å². The van der Waals surface area contributed by atoms with E-state index < -0.39 is 17.7 Å². The molecule has 1 unspecified atom stereocenters. The van der Waals surface area contributed by atoms with Crippen molar-refractivity contribution < 1.29 is 24.2 Å². The number of nitrogens with zero attached hydrogens (tertiary/aromatic N) is 2. The quantitative estimate of drug-likeness (QED) is 0.163. The lowest BCUT2D eigenvalue weighted by molar-refractivity contribution is -0.140. The van der Waals surface area contributed by atoms with Gasteiger partial charge in [-0.25, -0.2) is 0 Å². The molecule has 0 bridgehead atoms. The average molecular weight is 639 g/mol. The largest absolute Gasteiger partial charge is 0.507 e. The maximum atomic E-state index is 13.3. The molecule has 2 fully saturated rings. The van der Waals surface area contributed by atoms with Gasteiger partial charge in [0.1, 0.15) is 18.1 Å². The molecule has 0 aromatic heterocycles. The topological polar surface area (TPSA) is 79.3 Å². The van der Waals surface area contributed by atoms with Crippen LogP contribution in [0.4, 0.5) is 0 Å². The molecule has 2 aliphatic rings. The summed E-state index contributed by atoms with van der Waals surface area (Å²) >= 11 is 2.22. The third kappa shape index (κ3) is 6.34.